The van der Waals surface area contributed by atoms with E-state index in [1.165, 1.54) is 0 Å². The van der Waals surface area contributed by atoms with Crippen LogP contribution in [0.15, 0.2) is 54.6 Å². The topological polar surface area (TPSA) is 81.6 Å². The Balaban J connectivity index is 2.00. The molecule has 0 aliphatic heterocycles. The van der Waals surface area contributed by atoms with E-state index in [0.29, 0.717) is 0 Å². The zero-order valence-electron chi connectivity index (χ0n) is 12.2. The number of nitrogens with one attached hydrogen (secondary N) is 2. The summed E-state index contributed by atoms with van der Waals surface area (Å²) < 4.78 is 0. The van der Waals surface area contributed by atoms with Crippen LogP contribution < -0.4 is 10.6 Å². The normalized spacial score (nSPS) is 11.7. The Morgan fingerprint density at radius 2 is 1.73 bits per heavy atom. The van der Waals surface area contributed by atoms with Gasteiger partial charge in [-0.2, -0.15) is 0 Å². The second-order valence-corrected chi connectivity index (χ2v) is 4.99. The van der Waals surface area contributed by atoms with Crippen molar-refractivity contribution in [3.8, 4) is 0 Å². The van der Waals surface area contributed by atoms with Gasteiger partial charge in [0.15, 0.2) is 0 Å². The van der Waals surface area contributed by atoms with E-state index in [0.717, 1.165) is 23.2 Å². The van der Waals surface area contributed by atoms with Gasteiger partial charge < -0.3 is 20.8 Å². The number of amides is 2. The van der Waals surface area contributed by atoms with Crippen molar-refractivity contribution >= 4 is 11.7 Å². The van der Waals surface area contributed by atoms with E-state index in [9.17, 15) is 9.90 Å². The van der Waals surface area contributed by atoms with Gasteiger partial charge >= 0.3 is 6.03 Å². The zero-order chi connectivity index (χ0) is 15.8. The SMILES string of the molecule is O=C(NC[C@@H](O)CO)Nc1ccccc1Cc1ccccc1. The Morgan fingerprint density at radius 1 is 1.05 bits per heavy atom. The van der Waals surface area contributed by atoms with Crippen LogP contribution in [0.2, 0.25) is 0 Å². The Labute approximate surface area is 129 Å². The Bertz CT molecular complexity index is 602. The third-order valence-corrected chi connectivity index (χ3v) is 3.21. The van der Waals surface area contributed by atoms with Crippen LogP contribution in [0, 0.1) is 0 Å². The molecule has 22 heavy (non-hydrogen) atoms. The molecule has 0 saturated heterocycles. The number of urea groups is 1. The molecule has 0 spiro atoms. The highest BCUT2D eigenvalue weighted by Gasteiger charge is 2.08. The van der Waals surface area contributed by atoms with Crippen LogP contribution in [0.3, 0.4) is 0 Å². The summed E-state index contributed by atoms with van der Waals surface area (Å²) in [6, 6.07) is 17.2. The van der Waals surface area contributed by atoms with Crippen molar-refractivity contribution in [3.63, 3.8) is 0 Å². The van der Waals surface area contributed by atoms with Crippen LogP contribution in [-0.4, -0.2) is 35.5 Å². The summed E-state index contributed by atoms with van der Waals surface area (Å²) in [4.78, 5) is 11.8. The van der Waals surface area contributed by atoms with E-state index < -0.39 is 12.1 Å². The molecule has 0 saturated carbocycles. The summed E-state index contributed by atoms with van der Waals surface area (Å²) >= 11 is 0. The summed E-state index contributed by atoms with van der Waals surface area (Å²) in [6.45, 7) is -0.381. The van der Waals surface area contributed by atoms with Crippen molar-refractivity contribution in [2.24, 2.45) is 0 Å². The molecule has 0 aliphatic rings. The molecule has 2 amide bonds. The van der Waals surface area contributed by atoms with Crippen molar-refractivity contribution < 1.29 is 15.0 Å². The lowest BCUT2D eigenvalue weighted by molar-refractivity contribution is 0.0965. The van der Waals surface area contributed by atoms with Gasteiger partial charge in [0.1, 0.15) is 0 Å². The first-order valence-corrected chi connectivity index (χ1v) is 7.14. The smallest absolute Gasteiger partial charge is 0.319 e. The van der Waals surface area contributed by atoms with E-state index in [1.54, 1.807) is 0 Å². The van der Waals surface area contributed by atoms with Crippen molar-refractivity contribution in [1.29, 1.82) is 0 Å². The van der Waals surface area contributed by atoms with Crippen LogP contribution in [-0.2, 0) is 6.42 Å². The monoisotopic (exact) mass is 300 g/mol. The van der Waals surface area contributed by atoms with Gasteiger partial charge in [0.05, 0.1) is 12.7 Å². The van der Waals surface area contributed by atoms with Crippen LogP contribution in [0.4, 0.5) is 10.5 Å². The molecule has 0 aromatic heterocycles. The lowest BCUT2D eigenvalue weighted by Gasteiger charge is -2.13. The average Bonchev–Trinajstić information content (AvgIpc) is 2.55. The number of para-hydroxylation sites is 1. The molecule has 0 fully saturated rings. The third kappa shape index (κ3) is 4.87. The third-order valence-electron chi connectivity index (χ3n) is 3.21. The van der Waals surface area contributed by atoms with Gasteiger partial charge in [-0.3, -0.25) is 0 Å². The average molecular weight is 300 g/mol. The zero-order valence-corrected chi connectivity index (χ0v) is 12.2. The maximum atomic E-state index is 11.8. The lowest BCUT2D eigenvalue weighted by atomic mass is 10.0. The Hall–Kier alpha value is -2.37. The fourth-order valence-corrected chi connectivity index (χ4v) is 2.05. The highest BCUT2D eigenvalue weighted by Crippen LogP contribution is 2.18. The first-order valence-electron chi connectivity index (χ1n) is 7.14. The maximum Gasteiger partial charge on any atom is 0.319 e. The van der Waals surface area contributed by atoms with Crippen LogP contribution in [0.5, 0.6) is 0 Å². The van der Waals surface area contributed by atoms with Crippen molar-refractivity contribution in [3.05, 3.63) is 65.7 Å². The van der Waals surface area contributed by atoms with Gasteiger partial charge in [-0.15, -0.1) is 0 Å². The molecule has 2 aromatic carbocycles. The molecule has 4 N–H and O–H groups in total. The molecule has 116 valence electrons. The van der Waals surface area contributed by atoms with Gasteiger partial charge in [-0.05, 0) is 23.6 Å². The van der Waals surface area contributed by atoms with Crippen molar-refractivity contribution in [2.45, 2.75) is 12.5 Å². The molecule has 0 heterocycles. The molecule has 2 aromatic rings. The summed E-state index contributed by atoms with van der Waals surface area (Å²) in [5.41, 5.74) is 2.89. The molecular weight excluding hydrogens is 280 g/mol. The number of rotatable bonds is 6. The molecule has 0 bridgehead atoms. The molecular formula is C17H20N2O3. The number of aliphatic hydroxyl groups is 2. The van der Waals surface area contributed by atoms with E-state index in [1.807, 2.05) is 54.6 Å². The summed E-state index contributed by atoms with van der Waals surface area (Å²) in [5, 5.41) is 23.2. The quantitative estimate of drug-likeness (QED) is 0.656. The minimum atomic E-state index is -0.953. The van der Waals surface area contributed by atoms with Gasteiger partial charge in [0.2, 0.25) is 0 Å². The van der Waals surface area contributed by atoms with Gasteiger partial charge in [0.25, 0.3) is 0 Å². The number of hydrogen-bond acceptors (Lipinski definition) is 3. The van der Waals surface area contributed by atoms with Crippen LogP contribution >= 0.6 is 0 Å². The molecule has 5 nitrogen and oxygen atoms in total. The lowest BCUT2D eigenvalue weighted by Crippen LogP contribution is -2.36. The standard InChI is InChI=1S/C17H20N2O3/c20-12-15(21)11-18-17(22)19-16-9-5-4-8-14(16)10-13-6-2-1-3-7-13/h1-9,15,20-21H,10-12H2,(H2,18,19,22)/t15-/m1/s1. The minimum Gasteiger partial charge on any atom is -0.394 e. The van der Waals surface area contributed by atoms with Crippen LogP contribution in [0.25, 0.3) is 0 Å². The number of hydrogen-bond donors (Lipinski definition) is 4. The summed E-state index contributed by atoms with van der Waals surface area (Å²) in [6.07, 6.45) is -0.235. The highest BCUT2D eigenvalue weighted by molar-refractivity contribution is 5.90. The molecule has 0 aliphatic carbocycles. The predicted molar refractivity (Wildman–Crippen MR) is 85.8 cm³/mol. The molecule has 0 radical (unpaired) electrons. The highest BCUT2D eigenvalue weighted by atomic mass is 16.3. The van der Waals surface area contributed by atoms with Gasteiger partial charge in [0, 0.05) is 12.2 Å². The second-order valence-electron chi connectivity index (χ2n) is 4.99. The van der Waals surface area contributed by atoms with Crippen LogP contribution in [0.1, 0.15) is 11.1 Å². The second kappa shape index (κ2) is 8.17. The van der Waals surface area contributed by atoms with Gasteiger partial charge in [-0.1, -0.05) is 48.5 Å². The fourth-order valence-electron chi connectivity index (χ4n) is 2.05. The Morgan fingerprint density at radius 3 is 2.45 bits per heavy atom. The number of aliphatic hydroxyl groups excluding tert-OH is 2. The van der Waals surface area contributed by atoms with Crippen molar-refractivity contribution in [2.75, 3.05) is 18.5 Å². The number of carbonyl (C=O) groups is 1. The minimum absolute atomic E-state index is 0.00316. The van der Waals surface area contributed by atoms with E-state index in [2.05, 4.69) is 10.6 Å². The van der Waals surface area contributed by atoms with E-state index >= 15 is 0 Å². The maximum absolute atomic E-state index is 11.8. The largest absolute Gasteiger partial charge is 0.394 e. The van der Waals surface area contributed by atoms with Crippen molar-refractivity contribution in [1.82, 2.24) is 5.32 Å². The molecule has 0 unspecified atom stereocenters. The predicted octanol–water partition coefficient (Wildman–Crippen LogP) is 1.75. The summed E-state index contributed by atoms with van der Waals surface area (Å²) in [5.74, 6) is 0. The number of anilines is 1. The first kappa shape index (κ1) is 16.0. The molecule has 1 atom stereocenters. The van der Waals surface area contributed by atoms with E-state index in [4.69, 9.17) is 5.11 Å². The van der Waals surface area contributed by atoms with E-state index in [-0.39, 0.29) is 13.2 Å². The Kier molecular flexibility index (Phi) is 5.94. The number of carbonyl (C=O) groups excluding carboxylic acids is 1. The number of benzene rings is 2. The van der Waals surface area contributed by atoms with Gasteiger partial charge in [-0.25, -0.2) is 4.79 Å². The first-order chi connectivity index (χ1) is 10.7. The summed E-state index contributed by atoms with van der Waals surface area (Å²) in [7, 11) is 0. The molecule has 5 heteroatoms. The molecule has 2 rings (SSSR count). The fraction of sp³-hybridized carbons (Fsp3) is 0.235.